The Kier molecular flexibility index (Phi) is 9.14. The lowest BCUT2D eigenvalue weighted by Crippen LogP contribution is -2.46. The summed E-state index contributed by atoms with van der Waals surface area (Å²) in [4.78, 5) is 34.6. The number of rotatable bonds is 10. The molecule has 26 heavy (non-hydrogen) atoms. The minimum Gasteiger partial charge on any atom is -0.480 e. The highest BCUT2D eigenvalue weighted by atomic mass is 16.5. The molecule has 1 aromatic rings. The number of alkyl carbamates (subject to hydrolysis) is 1. The number of hydrogen-bond acceptors (Lipinski definition) is 5. The van der Waals surface area contributed by atoms with E-state index in [-0.39, 0.29) is 25.5 Å². The molecule has 0 fully saturated rings. The number of carboxylic acids is 1. The number of aliphatic hydroxyl groups excluding tert-OH is 1. The van der Waals surface area contributed by atoms with E-state index in [1.54, 1.807) is 6.92 Å². The summed E-state index contributed by atoms with van der Waals surface area (Å²) in [5.41, 5.74) is 0.826. The van der Waals surface area contributed by atoms with Crippen LogP contribution in [0.25, 0.3) is 0 Å². The highest BCUT2D eigenvalue weighted by Gasteiger charge is 2.26. The summed E-state index contributed by atoms with van der Waals surface area (Å²) < 4.78 is 4.99. The van der Waals surface area contributed by atoms with Gasteiger partial charge in [0, 0.05) is 6.54 Å². The molecular weight excluding hydrogens is 340 g/mol. The van der Waals surface area contributed by atoms with Crippen LogP contribution in [-0.4, -0.2) is 46.9 Å². The topological polar surface area (TPSA) is 125 Å². The number of nitrogens with one attached hydrogen (secondary N) is 2. The molecule has 0 unspecified atom stereocenters. The highest BCUT2D eigenvalue weighted by Crippen LogP contribution is 2.08. The zero-order valence-corrected chi connectivity index (χ0v) is 15.0. The first-order valence-electron chi connectivity index (χ1n) is 8.48. The Bertz CT molecular complexity index is 593. The minimum absolute atomic E-state index is 0.0957. The fourth-order valence-corrected chi connectivity index (χ4v) is 2.18. The van der Waals surface area contributed by atoms with Crippen molar-refractivity contribution in [2.45, 2.75) is 45.4 Å². The molecule has 0 spiro atoms. The summed E-state index contributed by atoms with van der Waals surface area (Å²) in [7, 11) is 0. The second-order valence-corrected chi connectivity index (χ2v) is 6.07. The Morgan fingerprint density at radius 2 is 1.85 bits per heavy atom. The largest absolute Gasteiger partial charge is 0.480 e. The van der Waals surface area contributed by atoms with Gasteiger partial charge in [0.05, 0.1) is 12.5 Å². The Labute approximate surface area is 152 Å². The van der Waals surface area contributed by atoms with Crippen LogP contribution in [-0.2, 0) is 20.9 Å². The molecule has 1 aromatic carbocycles. The monoisotopic (exact) mass is 366 g/mol. The first-order chi connectivity index (χ1) is 12.3. The van der Waals surface area contributed by atoms with Gasteiger partial charge < -0.3 is 25.6 Å². The number of carboxylic acid groups (broad SMARTS) is 1. The average Bonchev–Trinajstić information content (AvgIpc) is 2.62. The molecule has 4 N–H and O–H groups in total. The predicted molar refractivity (Wildman–Crippen MR) is 94.3 cm³/mol. The van der Waals surface area contributed by atoms with E-state index in [1.165, 1.54) is 0 Å². The van der Waals surface area contributed by atoms with E-state index in [9.17, 15) is 19.5 Å². The molecule has 0 heterocycles. The van der Waals surface area contributed by atoms with Crippen LogP contribution < -0.4 is 10.6 Å². The molecule has 0 saturated heterocycles. The van der Waals surface area contributed by atoms with Gasteiger partial charge >= 0.3 is 12.1 Å². The second kappa shape index (κ2) is 11.1. The predicted octanol–water partition coefficient (Wildman–Crippen LogP) is 1.28. The third-order valence-corrected chi connectivity index (χ3v) is 3.91. The van der Waals surface area contributed by atoms with Crippen LogP contribution in [0.3, 0.4) is 0 Å². The summed E-state index contributed by atoms with van der Waals surface area (Å²) in [6.07, 6.45) is -1.59. The van der Waals surface area contributed by atoms with E-state index in [2.05, 4.69) is 10.6 Å². The summed E-state index contributed by atoms with van der Waals surface area (Å²) in [5, 5.41) is 23.7. The standard InChI is InChI=1S/C18H26N2O6/c1-3-12(2)16(17(23)24)20-15(22)9-14(21)10-19-18(25)26-11-13-7-5-4-6-8-13/h4-8,12,14,16,21H,3,9-11H2,1-2H3,(H,19,25)(H,20,22)(H,23,24)/t12-,14+,16-/m0/s1. The van der Waals surface area contributed by atoms with Gasteiger partial charge in [-0.1, -0.05) is 50.6 Å². The lowest BCUT2D eigenvalue weighted by atomic mass is 9.99. The van der Waals surface area contributed by atoms with Crippen LogP contribution in [0.1, 0.15) is 32.3 Å². The van der Waals surface area contributed by atoms with Crippen molar-refractivity contribution in [3.8, 4) is 0 Å². The van der Waals surface area contributed by atoms with Crippen molar-refractivity contribution in [3.05, 3.63) is 35.9 Å². The number of aliphatic hydroxyl groups is 1. The molecule has 2 amide bonds. The first kappa shape index (κ1) is 21.4. The number of hydrogen-bond donors (Lipinski definition) is 4. The number of aliphatic carboxylic acids is 1. The summed E-state index contributed by atoms with van der Waals surface area (Å²) in [6, 6.07) is 8.10. The van der Waals surface area contributed by atoms with Gasteiger partial charge in [-0.3, -0.25) is 4.79 Å². The van der Waals surface area contributed by atoms with Crippen LogP contribution in [0.4, 0.5) is 4.79 Å². The van der Waals surface area contributed by atoms with Crippen molar-refractivity contribution in [3.63, 3.8) is 0 Å². The lowest BCUT2D eigenvalue weighted by molar-refractivity contribution is -0.143. The van der Waals surface area contributed by atoms with E-state index in [4.69, 9.17) is 9.84 Å². The molecule has 0 aliphatic heterocycles. The first-order valence-corrected chi connectivity index (χ1v) is 8.48. The van der Waals surface area contributed by atoms with Crippen molar-refractivity contribution >= 4 is 18.0 Å². The van der Waals surface area contributed by atoms with Crippen LogP contribution in [0.5, 0.6) is 0 Å². The van der Waals surface area contributed by atoms with E-state index in [1.807, 2.05) is 37.3 Å². The third-order valence-electron chi connectivity index (χ3n) is 3.91. The number of carbonyl (C=O) groups is 3. The average molecular weight is 366 g/mol. The molecule has 0 aliphatic carbocycles. The SMILES string of the molecule is CC[C@H](C)[C@H](NC(=O)C[C@@H](O)CNC(=O)OCc1ccccc1)C(=O)O. The third kappa shape index (κ3) is 7.98. The van der Waals surface area contributed by atoms with E-state index < -0.39 is 30.1 Å². The normalized spacial score (nSPS) is 14.0. The second-order valence-electron chi connectivity index (χ2n) is 6.07. The maximum absolute atomic E-state index is 11.9. The van der Waals surface area contributed by atoms with Gasteiger partial charge in [0.25, 0.3) is 0 Å². The molecular formula is C18H26N2O6. The molecule has 0 bridgehead atoms. The van der Waals surface area contributed by atoms with Crippen LogP contribution in [0.15, 0.2) is 30.3 Å². The smallest absolute Gasteiger partial charge is 0.407 e. The molecule has 8 heteroatoms. The molecule has 1 rings (SSSR count). The van der Waals surface area contributed by atoms with Crippen molar-refractivity contribution in [2.75, 3.05) is 6.54 Å². The summed E-state index contributed by atoms with van der Waals surface area (Å²) in [6.45, 7) is 3.47. The summed E-state index contributed by atoms with van der Waals surface area (Å²) >= 11 is 0. The highest BCUT2D eigenvalue weighted by molar-refractivity contribution is 5.84. The zero-order valence-electron chi connectivity index (χ0n) is 15.0. The lowest BCUT2D eigenvalue weighted by Gasteiger charge is -2.21. The van der Waals surface area contributed by atoms with Gasteiger partial charge in [-0.25, -0.2) is 9.59 Å². The van der Waals surface area contributed by atoms with Crippen molar-refractivity contribution in [2.24, 2.45) is 5.92 Å². The van der Waals surface area contributed by atoms with E-state index in [0.717, 1.165) is 5.56 Å². The maximum Gasteiger partial charge on any atom is 0.407 e. The quantitative estimate of drug-likeness (QED) is 0.494. The summed E-state index contributed by atoms with van der Waals surface area (Å²) in [5.74, 6) is -1.95. The van der Waals surface area contributed by atoms with Crippen LogP contribution in [0, 0.1) is 5.92 Å². The molecule has 0 aromatic heterocycles. The van der Waals surface area contributed by atoms with Crippen molar-refractivity contribution in [1.82, 2.24) is 10.6 Å². The van der Waals surface area contributed by atoms with E-state index >= 15 is 0 Å². The number of ether oxygens (including phenoxy) is 1. The van der Waals surface area contributed by atoms with Crippen LogP contribution >= 0.6 is 0 Å². The van der Waals surface area contributed by atoms with Crippen LogP contribution in [0.2, 0.25) is 0 Å². The van der Waals surface area contributed by atoms with E-state index in [0.29, 0.717) is 6.42 Å². The van der Waals surface area contributed by atoms with Gasteiger partial charge in [-0.2, -0.15) is 0 Å². The molecule has 144 valence electrons. The Balaban J connectivity index is 2.31. The molecule has 8 nitrogen and oxygen atoms in total. The van der Waals surface area contributed by atoms with Gasteiger partial charge in [0.2, 0.25) is 5.91 Å². The van der Waals surface area contributed by atoms with Crippen molar-refractivity contribution in [1.29, 1.82) is 0 Å². The van der Waals surface area contributed by atoms with Gasteiger partial charge in [-0.05, 0) is 11.5 Å². The molecule has 3 atom stereocenters. The zero-order chi connectivity index (χ0) is 19.5. The number of benzene rings is 1. The fourth-order valence-electron chi connectivity index (χ4n) is 2.18. The number of amides is 2. The Morgan fingerprint density at radius 1 is 1.19 bits per heavy atom. The Morgan fingerprint density at radius 3 is 2.42 bits per heavy atom. The maximum atomic E-state index is 11.9. The van der Waals surface area contributed by atoms with Gasteiger partial charge in [-0.15, -0.1) is 0 Å². The minimum atomic E-state index is -1.15. The Hall–Kier alpha value is -2.61. The number of carbonyl (C=O) groups excluding carboxylic acids is 2. The van der Waals surface area contributed by atoms with Crippen molar-refractivity contribution < 1.29 is 29.3 Å². The molecule has 0 saturated carbocycles. The molecule has 0 aliphatic rings. The van der Waals surface area contributed by atoms with Gasteiger partial charge in [0.15, 0.2) is 0 Å². The molecule has 0 radical (unpaired) electrons. The van der Waals surface area contributed by atoms with Gasteiger partial charge in [0.1, 0.15) is 12.6 Å². The fraction of sp³-hybridized carbons (Fsp3) is 0.500.